The van der Waals surface area contributed by atoms with Crippen molar-refractivity contribution in [1.29, 1.82) is 0 Å². The van der Waals surface area contributed by atoms with Gasteiger partial charge in [-0.25, -0.2) is 9.59 Å². The number of nitrogens with one attached hydrogen (secondary N) is 2. The molecule has 7 heteroatoms. The van der Waals surface area contributed by atoms with E-state index >= 15 is 0 Å². The van der Waals surface area contributed by atoms with Crippen molar-refractivity contribution < 1.29 is 19.2 Å². The lowest BCUT2D eigenvalue weighted by molar-refractivity contribution is -0.140. The zero-order chi connectivity index (χ0) is 13.7. The molecule has 0 saturated heterocycles. The molecule has 0 fully saturated rings. The molecule has 0 aromatic carbocycles. The van der Waals surface area contributed by atoms with E-state index in [2.05, 4.69) is 15.8 Å². The Morgan fingerprint density at radius 1 is 1.50 bits per heavy atom. The number of rotatable bonds is 5. The Hall–Kier alpha value is -2.05. The lowest BCUT2D eigenvalue weighted by atomic mass is 10.1. The van der Waals surface area contributed by atoms with Crippen LogP contribution in [0.25, 0.3) is 0 Å². The molecule has 18 heavy (non-hydrogen) atoms. The second kappa shape index (κ2) is 6.04. The number of hydrogen-bond acceptors (Lipinski definition) is 4. The molecule has 1 aromatic rings. The molecule has 3 N–H and O–H groups in total. The van der Waals surface area contributed by atoms with E-state index in [1.54, 1.807) is 26.8 Å². The van der Waals surface area contributed by atoms with Crippen molar-refractivity contribution in [2.45, 2.75) is 33.4 Å². The summed E-state index contributed by atoms with van der Waals surface area (Å²) in [7, 11) is 0. The Morgan fingerprint density at radius 3 is 2.61 bits per heavy atom. The van der Waals surface area contributed by atoms with E-state index < -0.39 is 18.0 Å². The predicted molar refractivity (Wildman–Crippen MR) is 62.9 cm³/mol. The third-order valence-corrected chi connectivity index (χ3v) is 2.33. The van der Waals surface area contributed by atoms with Gasteiger partial charge in [0.25, 0.3) is 0 Å². The minimum atomic E-state index is -1.06. The topological polar surface area (TPSA) is 104 Å². The highest BCUT2D eigenvalue weighted by Crippen LogP contribution is 2.02. The van der Waals surface area contributed by atoms with Gasteiger partial charge in [-0.15, -0.1) is 0 Å². The van der Waals surface area contributed by atoms with Crippen LogP contribution in [0.1, 0.15) is 25.3 Å². The third kappa shape index (κ3) is 4.08. The number of carbonyl (C=O) groups excluding carboxylic acids is 1. The number of carboxylic acids is 1. The summed E-state index contributed by atoms with van der Waals surface area (Å²) in [6.45, 7) is 5.38. The number of amides is 2. The van der Waals surface area contributed by atoms with Crippen molar-refractivity contribution in [2.24, 2.45) is 5.92 Å². The number of aromatic nitrogens is 1. The molecule has 1 heterocycles. The second-order valence-electron chi connectivity index (χ2n) is 4.32. The van der Waals surface area contributed by atoms with Gasteiger partial charge < -0.3 is 20.3 Å². The highest BCUT2D eigenvalue weighted by molar-refractivity contribution is 5.82. The number of carbonyl (C=O) groups is 2. The maximum absolute atomic E-state index is 11.5. The fourth-order valence-corrected chi connectivity index (χ4v) is 1.38. The molecule has 100 valence electrons. The van der Waals surface area contributed by atoms with Crippen LogP contribution in [0.5, 0.6) is 0 Å². The van der Waals surface area contributed by atoms with Crippen LogP contribution in [-0.4, -0.2) is 28.3 Å². The Kier molecular flexibility index (Phi) is 4.70. The number of carboxylic acid groups (broad SMARTS) is 1. The summed E-state index contributed by atoms with van der Waals surface area (Å²) in [5, 5.41) is 17.5. The molecule has 1 aromatic heterocycles. The quantitative estimate of drug-likeness (QED) is 0.724. The third-order valence-electron chi connectivity index (χ3n) is 2.33. The monoisotopic (exact) mass is 255 g/mol. The average molecular weight is 255 g/mol. The number of urea groups is 1. The Bertz CT molecular complexity index is 428. The zero-order valence-electron chi connectivity index (χ0n) is 10.6. The summed E-state index contributed by atoms with van der Waals surface area (Å²) in [6.07, 6.45) is 0. The highest BCUT2D eigenvalue weighted by Gasteiger charge is 2.23. The van der Waals surface area contributed by atoms with Gasteiger partial charge in [-0.1, -0.05) is 19.0 Å². The van der Waals surface area contributed by atoms with E-state index in [0.717, 1.165) is 0 Å². The first-order valence-corrected chi connectivity index (χ1v) is 5.59. The van der Waals surface area contributed by atoms with E-state index in [-0.39, 0.29) is 12.5 Å². The molecule has 0 aliphatic rings. The first kappa shape index (κ1) is 14.0. The summed E-state index contributed by atoms with van der Waals surface area (Å²) in [5.74, 6) is -0.599. The minimum Gasteiger partial charge on any atom is -0.480 e. The summed E-state index contributed by atoms with van der Waals surface area (Å²) in [5.41, 5.74) is 0.582. The van der Waals surface area contributed by atoms with Crippen molar-refractivity contribution in [3.05, 3.63) is 17.5 Å². The first-order chi connectivity index (χ1) is 8.40. The van der Waals surface area contributed by atoms with Gasteiger partial charge in [0.2, 0.25) is 0 Å². The molecule has 1 rings (SSSR count). The Balaban J connectivity index is 2.43. The van der Waals surface area contributed by atoms with E-state index in [9.17, 15) is 9.59 Å². The van der Waals surface area contributed by atoms with Crippen LogP contribution in [0.15, 0.2) is 10.6 Å². The van der Waals surface area contributed by atoms with E-state index in [1.807, 2.05) is 0 Å². The van der Waals surface area contributed by atoms with Gasteiger partial charge in [0.1, 0.15) is 17.5 Å². The largest absolute Gasteiger partial charge is 0.480 e. The molecular formula is C11H17N3O4. The van der Waals surface area contributed by atoms with E-state index in [4.69, 9.17) is 9.63 Å². The van der Waals surface area contributed by atoms with Gasteiger partial charge in [-0.2, -0.15) is 0 Å². The van der Waals surface area contributed by atoms with Gasteiger partial charge in [-0.05, 0) is 12.8 Å². The normalized spacial score (nSPS) is 12.2. The van der Waals surface area contributed by atoms with Crippen LogP contribution in [0.2, 0.25) is 0 Å². The van der Waals surface area contributed by atoms with Crippen LogP contribution < -0.4 is 10.6 Å². The summed E-state index contributed by atoms with van der Waals surface area (Å²) >= 11 is 0. The maximum Gasteiger partial charge on any atom is 0.326 e. The molecule has 0 radical (unpaired) electrons. The van der Waals surface area contributed by atoms with Crippen LogP contribution >= 0.6 is 0 Å². The van der Waals surface area contributed by atoms with E-state index in [0.29, 0.717) is 11.5 Å². The fourth-order valence-electron chi connectivity index (χ4n) is 1.38. The number of aryl methyl sites for hydroxylation is 1. The molecule has 0 aliphatic carbocycles. The smallest absolute Gasteiger partial charge is 0.326 e. The molecule has 1 atom stereocenters. The maximum atomic E-state index is 11.5. The van der Waals surface area contributed by atoms with Crippen LogP contribution in [0.4, 0.5) is 4.79 Å². The SMILES string of the molecule is Cc1cc(CNC(=O)NC(C(=O)O)C(C)C)no1. The molecule has 2 amide bonds. The van der Waals surface area contributed by atoms with Gasteiger partial charge >= 0.3 is 12.0 Å². The van der Waals surface area contributed by atoms with Gasteiger partial charge in [0, 0.05) is 6.07 Å². The fraction of sp³-hybridized carbons (Fsp3) is 0.545. The molecule has 1 unspecified atom stereocenters. The molecule has 0 saturated carbocycles. The summed E-state index contributed by atoms with van der Waals surface area (Å²) < 4.78 is 4.84. The van der Waals surface area contributed by atoms with Gasteiger partial charge in [-0.3, -0.25) is 0 Å². The van der Waals surface area contributed by atoms with Crippen LogP contribution in [0.3, 0.4) is 0 Å². The summed E-state index contributed by atoms with van der Waals surface area (Å²) in [4.78, 5) is 22.4. The molecule has 7 nitrogen and oxygen atoms in total. The Labute approximate surface area is 105 Å². The standard InChI is InChI=1S/C11H17N3O4/c1-6(2)9(10(15)16)13-11(17)12-5-8-4-7(3)18-14-8/h4,6,9H,5H2,1-3H3,(H,15,16)(H2,12,13,17). The zero-order valence-corrected chi connectivity index (χ0v) is 10.6. The lowest BCUT2D eigenvalue weighted by Gasteiger charge is -2.17. The minimum absolute atomic E-state index is 0.188. The Morgan fingerprint density at radius 2 is 2.17 bits per heavy atom. The van der Waals surface area contributed by atoms with Crippen molar-refractivity contribution in [3.63, 3.8) is 0 Å². The van der Waals surface area contributed by atoms with Gasteiger partial charge in [0.05, 0.1) is 6.54 Å². The molecule has 0 spiro atoms. The first-order valence-electron chi connectivity index (χ1n) is 5.59. The highest BCUT2D eigenvalue weighted by atomic mass is 16.5. The van der Waals surface area contributed by atoms with E-state index in [1.165, 1.54) is 0 Å². The van der Waals surface area contributed by atoms with Crippen molar-refractivity contribution >= 4 is 12.0 Å². The molecular weight excluding hydrogens is 238 g/mol. The summed E-state index contributed by atoms with van der Waals surface area (Å²) in [6, 6.07) is 0.234. The van der Waals surface area contributed by atoms with Crippen molar-refractivity contribution in [2.75, 3.05) is 0 Å². The lowest BCUT2D eigenvalue weighted by Crippen LogP contribution is -2.48. The number of aliphatic carboxylic acids is 1. The molecule has 0 bridgehead atoms. The predicted octanol–water partition coefficient (Wildman–Crippen LogP) is 0.891. The number of hydrogen-bond donors (Lipinski definition) is 3. The average Bonchev–Trinajstić information content (AvgIpc) is 2.68. The van der Waals surface area contributed by atoms with Crippen LogP contribution in [-0.2, 0) is 11.3 Å². The van der Waals surface area contributed by atoms with Crippen LogP contribution in [0, 0.1) is 12.8 Å². The van der Waals surface area contributed by atoms with Gasteiger partial charge in [0.15, 0.2) is 0 Å². The number of nitrogens with zero attached hydrogens (tertiary/aromatic N) is 1. The van der Waals surface area contributed by atoms with Crippen molar-refractivity contribution in [3.8, 4) is 0 Å². The van der Waals surface area contributed by atoms with Crippen molar-refractivity contribution in [1.82, 2.24) is 15.8 Å². The second-order valence-corrected chi connectivity index (χ2v) is 4.32. The molecule has 0 aliphatic heterocycles.